The molecule has 0 bridgehead atoms. The number of hydrogen-bond donors (Lipinski definition) is 1. The van der Waals surface area contributed by atoms with E-state index in [4.69, 9.17) is 11.6 Å². The molecule has 1 N–H and O–H groups in total. The third-order valence-corrected chi connectivity index (χ3v) is 4.50. The van der Waals surface area contributed by atoms with Crippen LogP contribution < -0.4 is 10.1 Å². The molecule has 11 heteroatoms. The van der Waals surface area contributed by atoms with Gasteiger partial charge < -0.3 is 4.74 Å². The van der Waals surface area contributed by atoms with E-state index in [-0.39, 0.29) is 21.5 Å². The van der Waals surface area contributed by atoms with Gasteiger partial charge >= 0.3 is 6.61 Å². The number of nitro groups is 1. The molecule has 0 aliphatic rings. The fourth-order valence-electron chi connectivity index (χ4n) is 2.34. The number of anilines is 1. The van der Waals surface area contributed by atoms with Gasteiger partial charge in [-0.2, -0.15) is 8.78 Å². The molecule has 144 valence electrons. The molecular formula is C17H10ClF2N3O4S. The van der Waals surface area contributed by atoms with Crippen LogP contribution >= 0.6 is 22.9 Å². The van der Waals surface area contributed by atoms with Gasteiger partial charge in [-0.15, -0.1) is 11.3 Å². The number of alkyl halides is 2. The molecule has 7 nitrogen and oxygen atoms in total. The maximum atomic E-state index is 12.6. The number of thiazole rings is 1. The van der Waals surface area contributed by atoms with E-state index in [1.807, 2.05) is 0 Å². The monoisotopic (exact) mass is 425 g/mol. The Morgan fingerprint density at radius 3 is 2.75 bits per heavy atom. The van der Waals surface area contributed by atoms with E-state index in [0.29, 0.717) is 11.3 Å². The Morgan fingerprint density at radius 1 is 1.29 bits per heavy atom. The van der Waals surface area contributed by atoms with E-state index < -0.39 is 23.1 Å². The summed E-state index contributed by atoms with van der Waals surface area (Å²) in [6.45, 7) is -3.00. The van der Waals surface area contributed by atoms with Gasteiger partial charge in [-0.25, -0.2) is 4.98 Å². The average Bonchev–Trinajstić information content (AvgIpc) is 3.09. The van der Waals surface area contributed by atoms with Gasteiger partial charge in [-0.05, 0) is 24.3 Å². The molecule has 3 rings (SSSR count). The molecule has 3 aromatic rings. The number of nitrogens with zero attached hydrogens (tertiary/aromatic N) is 2. The molecule has 0 saturated heterocycles. The van der Waals surface area contributed by atoms with Crippen LogP contribution in [0.4, 0.5) is 19.6 Å². The lowest BCUT2D eigenvalue weighted by atomic mass is 10.1. The molecule has 0 saturated carbocycles. The quantitative estimate of drug-likeness (QED) is 0.431. The van der Waals surface area contributed by atoms with Crippen molar-refractivity contribution in [1.29, 1.82) is 0 Å². The summed E-state index contributed by atoms with van der Waals surface area (Å²) < 4.78 is 29.6. The van der Waals surface area contributed by atoms with Crippen molar-refractivity contribution in [2.75, 3.05) is 5.32 Å². The number of aromatic nitrogens is 1. The molecule has 0 atom stereocenters. The van der Waals surface area contributed by atoms with Crippen LogP contribution in [-0.2, 0) is 0 Å². The number of amides is 1. The van der Waals surface area contributed by atoms with Crippen molar-refractivity contribution >= 4 is 39.7 Å². The molecule has 0 radical (unpaired) electrons. The van der Waals surface area contributed by atoms with Crippen LogP contribution in [0.1, 0.15) is 10.4 Å². The summed E-state index contributed by atoms with van der Waals surface area (Å²) in [5.74, 6) is -0.810. The molecule has 28 heavy (non-hydrogen) atoms. The lowest BCUT2D eigenvalue weighted by Gasteiger charge is -2.08. The molecule has 0 fully saturated rings. The van der Waals surface area contributed by atoms with Gasteiger partial charge in [0.1, 0.15) is 11.3 Å². The Kier molecular flexibility index (Phi) is 5.81. The minimum Gasteiger partial charge on any atom is -0.434 e. The zero-order chi connectivity index (χ0) is 20.3. The summed E-state index contributed by atoms with van der Waals surface area (Å²) in [4.78, 5) is 27.0. The summed E-state index contributed by atoms with van der Waals surface area (Å²) in [7, 11) is 0. The van der Waals surface area contributed by atoms with Crippen LogP contribution in [0.25, 0.3) is 11.3 Å². The lowest BCUT2D eigenvalue weighted by Crippen LogP contribution is -2.13. The largest absolute Gasteiger partial charge is 0.434 e. The molecule has 1 amide bonds. The van der Waals surface area contributed by atoms with Gasteiger partial charge in [0.05, 0.1) is 10.6 Å². The number of hydrogen-bond acceptors (Lipinski definition) is 6. The summed E-state index contributed by atoms with van der Waals surface area (Å²) >= 11 is 6.77. The predicted octanol–water partition coefficient (Wildman–Crippen LogP) is 5.23. The van der Waals surface area contributed by atoms with Gasteiger partial charge in [0.25, 0.3) is 11.6 Å². The van der Waals surface area contributed by atoms with E-state index in [9.17, 15) is 23.7 Å². The van der Waals surface area contributed by atoms with Crippen molar-refractivity contribution in [3.05, 3.63) is 68.5 Å². The van der Waals surface area contributed by atoms with Crippen molar-refractivity contribution < 1.29 is 23.2 Å². The van der Waals surface area contributed by atoms with Gasteiger partial charge in [0, 0.05) is 22.0 Å². The van der Waals surface area contributed by atoms with Gasteiger partial charge in [-0.1, -0.05) is 23.7 Å². The average molecular weight is 426 g/mol. The SMILES string of the molecule is O=C(Nc1nc(-c2ccccc2OC(F)F)cs1)c1ccc(Cl)cc1[N+](=O)[O-]. The van der Waals surface area contributed by atoms with Crippen molar-refractivity contribution in [2.45, 2.75) is 6.61 Å². The van der Waals surface area contributed by atoms with Crippen molar-refractivity contribution in [2.24, 2.45) is 0 Å². The molecular weight excluding hydrogens is 416 g/mol. The molecule has 1 heterocycles. The highest BCUT2D eigenvalue weighted by Gasteiger charge is 2.22. The van der Waals surface area contributed by atoms with Gasteiger partial charge in [0.15, 0.2) is 5.13 Å². The zero-order valence-electron chi connectivity index (χ0n) is 13.8. The Bertz CT molecular complexity index is 1040. The van der Waals surface area contributed by atoms with Crippen LogP contribution in [-0.4, -0.2) is 22.4 Å². The second kappa shape index (κ2) is 8.28. The fraction of sp³-hybridized carbons (Fsp3) is 0.0588. The first-order chi connectivity index (χ1) is 13.3. The Labute approximate surface area is 165 Å². The second-order valence-corrected chi connectivity index (χ2v) is 6.58. The number of halogens is 3. The maximum absolute atomic E-state index is 12.6. The molecule has 2 aromatic carbocycles. The predicted molar refractivity (Wildman–Crippen MR) is 100 cm³/mol. The third-order valence-electron chi connectivity index (χ3n) is 3.50. The van der Waals surface area contributed by atoms with Crippen molar-refractivity contribution in [1.82, 2.24) is 4.98 Å². The highest BCUT2D eigenvalue weighted by atomic mass is 35.5. The summed E-state index contributed by atoms with van der Waals surface area (Å²) in [5, 5.41) is 15.4. The number of para-hydroxylation sites is 1. The van der Waals surface area contributed by atoms with Crippen molar-refractivity contribution in [3.63, 3.8) is 0 Å². The molecule has 0 aliphatic heterocycles. The van der Waals surface area contributed by atoms with Crippen LogP contribution in [0.5, 0.6) is 5.75 Å². The Balaban J connectivity index is 1.85. The summed E-state index contributed by atoms with van der Waals surface area (Å²) in [6.07, 6.45) is 0. The van der Waals surface area contributed by atoms with E-state index in [2.05, 4.69) is 15.0 Å². The topological polar surface area (TPSA) is 94.4 Å². The first-order valence-electron chi connectivity index (χ1n) is 7.60. The number of carbonyl (C=O) groups is 1. The number of carbonyl (C=O) groups excluding carboxylic acids is 1. The number of benzene rings is 2. The number of nitrogens with one attached hydrogen (secondary N) is 1. The van der Waals surface area contributed by atoms with Gasteiger partial charge in [-0.3, -0.25) is 20.2 Å². The normalized spacial score (nSPS) is 10.7. The fourth-order valence-corrected chi connectivity index (χ4v) is 3.22. The molecule has 0 spiro atoms. The standard InChI is InChI=1S/C17H10ClF2N3O4S/c18-9-5-6-11(13(7-9)23(25)26)15(24)22-17-21-12(8-28-17)10-3-1-2-4-14(10)27-16(19)20/h1-8,16H,(H,21,22,24). The highest BCUT2D eigenvalue weighted by Crippen LogP contribution is 2.33. The Morgan fingerprint density at radius 2 is 2.04 bits per heavy atom. The third kappa shape index (κ3) is 4.41. The maximum Gasteiger partial charge on any atom is 0.387 e. The minimum atomic E-state index is -3.00. The number of nitro benzene ring substituents is 1. The lowest BCUT2D eigenvalue weighted by molar-refractivity contribution is -0.385. The Hall–Kier alpha value is -3.11. The summed E-state index contributed by atoms with van der Waals surface area (Å²) in [6, 6.07) is 9.74. The van der Waals surface area contributed by atoms with Gasteiger partial charge in [0.2, 0.25) is 0 Å². The van der Waals surface area contributed by atoms with Crippen LogP contribution in [0, 0.1) is 10.1 Å². The van der Waals surface area contributed by atoms with E-state index in [1.165, 1.54) is 24.3 Å². The molecule has 1 aromatic heterocycles. The van der Waals surface area contributed by atoms with Crippen LogP contribution in [0.2, 0.25) is 5.02 Å². The van der Waals surface area contributed by atoms with Crippen LogP contribution in [0.15, 0.2) is 47.8 Å². The van der Waals surface area contributed by atoms with E-state index in [0.717, 1.165) is 17.4 Å². The summed E-state index contributed by atoms with van der Waals surface area (Å²) in [5.41, 5.74) is -0.00998. The number of rotatable bonds is 6. The highest BCUT2D eigenvalue weighted by molar-refractivity contribution is 7.14. The first kappa shape index (κ1) is 19.6. The van der Waals surface area contributed by atoms with Crippen LogP contribution in [0.3, 0.4) is 0 Å². The first-order valence-corrected chi connectivity index (χ1v) is 8.86. The van der Waals surface area contributed by atoms with E-state index >= 15 is 0 Å². The second-order valence-electron chi connectivity index (χ2n) is 5.29. The molecule has 0 unspecified atom stereocenters. The smallest absolute Gasteiger partial charge is 0.387 e. The van der Waals surface area contributed by atoms with E-state index in [1.54, 1.807) is 17.5 Å². The minimum absolute atomic E-state index is 0.0611. The number of ether oxygens (including phenoxy) is 1. The molecule has 0 aliphatic carbocycles. The van der Waals surface area contributed by atoms with Crippen molar-refractivity contribution in [3.8, 4) is 17.0 Å². The zero-order valence-corrected chi connectivity index (χ0v) is 15.3.